The van der Waals surface area contributed by atoms with Crippen molar-refractivity contribution in [2.75, 3.05) is 13.1 Å². The van der Waals surface area contributed by atoms with Crippen LogP contribution in [0.15, 0.2) is 0 Å². The van der Waals surface area contributed by atoms with Crippen molar-refractivity contribution in [1.82, 2.24) is 4.90 Å². The second kappa shape index (κ2) is 2.16. The second-order valence-electron chi connectivity index (χ2n) is 1.94. The van der Waals surface area contributed by atoms with Gasteiger partial charge in [0.15, 0.2) is 0 Å². The smallest absolute Gasteiger partial charge is 0.222 e. The summed E-state index contributed by atoms with van der Waals surface area (Å²) in [6.45, 7) is 3.14. The van der Waals surface area contributed by atoms with Crippen LogP contribution in [0.1, 0.15) is 21.1 Å². The highest BCUT2D eigenvalue weighted by molar-refractivity contribution is 5.76. The molecule has 8 heavy (non-hydrogen) atoms. The summed E-state index contributed by atoms with van der Waals surface area (Å²) in [6.07, 6.45) is 0.563. The highest BCUT2D eigenvalue weighted by Gasteiger charge is 2.17. The Morgan fingerprint density at radius 2 is 2.50 bits per heavy atom. The maximum atomic E-state index is 10.8. The second-order valence-corrected chi connectivity index (χ2v) is 1.94. The zero-order valence-corrected chi connectivity index (χ0v) is 5.05. The van der Waals surface area contributed by atoms with E-state index in [1.807, 2.05) is 6.92 Å². The van der Waals surface area contributed by atoms with Crippen molar-refractivity contribution in [3.8, 4) is 0 Å². The first-order valence-corrected chi connectivity index (χ1v) is 2.94. The lowest BCUT2D eigenvalue weighted by Gasteiger charge is -2.30. The van der Waals surface area contributed by atoms with Crippen LogP contribution in [0.25, 0.3) is 0 Å². The van der Waals surface area contributed by atoms with Gasteiger partial charge in [-0.3, -0.25) is 4.79 Å². The number of rotatable bonds is 1. The van der Waals surface area contributed by atoms with Gasteiger partial charge in [-0.1, -0.05) is 6.92 Å². The average Bonchev–Trinajstić information content (AvgIpc) is 1.79. The molecule has 0 aliphatic carbocycles. The lowest BCUT2D eigenvalue weighted by Crippen LogP contribution is -2.41. The third-order valence-electron chi connectivity index (χ3n) is 1.35. The number of likely N-dealkylation sites (tertiary alicyclic amines) is 1. The van der Waals surface area contributed by atoms with Crippen molar-refractivity contribution >= 4 is 5.91 Å². The molecule has 2 heteroatoms. The monoisotopic (exact) mass is 114 g/mol. The Morgan fingerprint density at radius 3 is 2.88 bits per heavy atom. The van der Waals surface area contributed by atoms with E-state index < -0.39 is 0 Å². The van der Waals surface area contributed by atoms with E-state index in [0.717, 1.165) is 0 Å². The zero-order valence-electron chi connectivity index (χ0n) is 6.05. The maximum Gasteiger partial charge on any atom is 0.222 e. The molecule has 0 N–H and O–H groups in total. The fraction of sp³-hybridized carbons (Fsp3) is 0.833. The van der Waals surface area contributed by atoms with Crippen molar-refractivity contribution in [3.05, 3.63) is 0 Å². The van der Waals surface area contributed by atoms with Gasteiger partial charge in [-0.15, -0.1) is 0 Å². The molecule has 1 rings (SSSR count). The molecule has 0 saturated carbocycles. The molecule has 46 valence electrons. The number of hydrogen-bond donors (Lipinski definition) is 0. The van der Waals surface area contributed by atoms with E-state index in [1.165, 1.54) is 0 Å². The SMILES string of the molecule is [2H]C1CN(C(=O)CC)C1. The van der Waals surface area contributed by atoms with Crippen LogP contribution in [0.3, 0.4) is 0 Å². The summed E-state index contributed by atoms with van der Waals surface area (Å²) >= 11 is 0. The van der Waals surface area contributed by atoms with Gasteiger partial charge in [0, 0.05) is 20.9 Å². The van der Waals surface area contributed by atoms with Crippen LogP contribution in [0.4, 0.5) is 0 Å². The van der Waals surface area contributed by atoms with Gasteiger partial charge < -0.3 is 4.90 Å². The number of carbonyl (C=O) groups is 1. The van der Waals surface area contributed by atoms with Gasteiger partial charge in [-0.05, 0) is 6.40 Å². The average molecular weight is 114 g/mol. The minimum Gasteiger partial charge on any atom is -0.343 e. The highest BCUT2D eigenvalue weighted by atomic mass is 16.2. The lowest BCUT2D eigenvalue weighted by atomic mass is 10.2. The predicted octanol–water partition coefficient (Wildman–Crippen LogP) is 0.629. The molecule has 1 heterocycles. The molecule has 0 aromatic heterocycles. The van der Waals surface area contributed by atoms with E-state index in [4.69, 9.17) is 1.37 Å². The van der Waals surface area contributed by atoms with Crippen LogP contribution in [0, 0.1) is 0 Å². The van der Waals surface area contributed by atoms with Gasteiger partial charge >= 0.3 is 0 Å². The summed E-state index contributed by atoms with van der Waals surface area (Å²) in [5.41, 5.74) is 0. The highest BCUT2D eigenvalue weighted by Crippen LogP contribution is 2.06. The molecule has 0 aromatic rings. The molecule has 0 aromatic carbocycles. The van der Waals surface area contributed by atoms with Crippen molar-refractivity contribution < 1.29 is 6.17 Å². The van der Waals surface area contributed by atoms with Crippen LogP contribution in [-0.4, -0.2) is 23.9 Å². The first-order chi connectivity index (χ1) is 4.24. The summed E-state index contributed by atoms with van der Waals surface area (Å²) in [5.74, 6) is 0.179. The molecule has 0 bridgehead atoms. The summed E-state index contributed by atoms with van der Waals surface area (Å²) in [5, 5.41) is 0. The summed E-state index contributed by atoms with van der Waals surface area (Å²) in [7, 11) is 0. The van der Waals surface area contributed by atoms with E-state index in [1.54, 1.807) is 4.90 Å². The van der Waals surface area contributed by atoms with Gasteiger partial charge in [0.2, 0.25) is 5.91 Å². The van der Waals surface area contributed by atoms with Crippen LogP contribution in [0.2, 0.25) is 0 Å². The Kier molecular flexibility index (Phi) is 1.18. The van der Waals surface area contributed by atoms with Crippen LogP contribution in [0.5, 0.6) is 0 Å². The topological polar surface area (TPSA) is 20.3 Å². The molecule has 2 nitrogen and oxygen atoms in total. The first kappa shape index (κ1) is 4.36. The van der Waals surface area contributed by atoms with Crippen molar-refractivity contribution in [2.45, 2.75) is 19.7 Å². The molecule has 1 aliphatic heterocycles. The molecule has 1 saturated heterocycles. The van der Waals surface area contributed by atoms with Gasteiger partial charge in [-0.2, -0.15) is 0 Å². The Balaban J connectivity index is 2.23. The van der Waals surface area contributed by atoms with Gasteiger partial charge in [0.25, 0.3) is 0 Å². The van der Waals surface area contributed by atoms with E-state index in [2.05, 4.69) is 0 Å². The first-order valence-electron chi connectivity index (χ1n) is 3.51. The van der Waals surface area contributed by atoms with Crippen LogP contribution in [-0.2, 0) is 4.79 Å². The Hall–Kier alpha value is -0.530. The normalized spacial score (nSPS) is 22.1. The van der Waals surface area contributed by atoms with E-state index in [-0.39, 0.29) is 12.3 Å². The van der Waals surface area contributed by atoms with Crippen molar-refractivity contribution in [1.29, 1.82) is 0 Å². The third-order valence-corrected chi connectivity index (χ3v) is 1.35. The van der Waals surface area contributed by atoms with Crippen molar-refractivity contribution in [2.24, 2.45) is 0 Å². The maximum absolute atomic E-state index is 10.8. The Bertz CT molecular complexity index is 120. The molecule has 1 fully saturated rings. The Morgan fingerprint density at radius 1 is 1.88 bits per heavy atom. The number of carbonyl (C=O) groups excluding carboxylic acids is 1. The zero-order chi connectivity index (χ0) is 6.85. The number of hydrogen-bond acceptors (Lipinski definition) is 1. The van der Waals surface area contributed by atoms with Gasteiger partial charge in [0.05, 0.1) is 0 Å². The summed E-state index contributed by atoms with van der Waals surface area (Å²) < 4.78 is 7.12. The molecular formula is C6H11NO. The lowest BCUT2D eigenvalue weighted by molar-refractivity contribution is -0.134. The van der Waals surface area contributed by atoms with E-state index in [9.17, 15) is 4.79 Å². The summed E-state index contributed by atoms with van der Waals surface area (Å²) in [6, 6.07) is 0. The molecule has 0 unspecified atom stereocenters. The molecule has 0 spiro atoms. The number of amides is 1. The third kappa shape index (κ3) is 0.831. The van der Waals surface area contributed by atoms with Crippen LogP contribution >= 0.6 is 0 Å². The molecule has 1 amide bonds. The fourth-order valence-corrected chi connectivity index (χ4v) is 0.685. The predicted molar refractivity (Wildman–Crippen MR) is 31.5 cm³/mol. The molecule has 1 aliphatic rings. The quantitative estimate of drug-likeness (QED) is 0.489. The van der Waals surface area contributed by atoms with Gasteiger partial charge in [-0.25, -0.2) is 0 Å². The largest absolute Gasteiger partial charge is 0.343 e. The molecular weight excluding hydrogens is 102 g/mol. The van der Waals surface area contributed by atoms with Crippen LogP contribution < -0.4 is 0 Å². The summed E-state index contributed by atoms with van der Waals surface area (Å²) in [4.78, 5) is 12.5. The molecule has 0 atom stereocenters. The van der Waals surface area contributed by atoms with E-state index in [0.29, 0.717) is 19.5 Å². The fourth-order valence-electron chi connectivity index (χ4n) is 0.685. The van der Waals surface area contributed by atoms with E-state index >= 15 is 0 Å². The number of nitrogens with zero attached hydrogens (tertiary/aromatic N) is 1. The minimum atomic E-state index is -0.0134. The Labute approximate surface area is 50.9 Å². The van der Waals surface area contributed by atoms with Gasteiger partial charge in [0.1, 0.15) is 0 Å². The standard InChI is InChI=1S/C6H11NO/c1-2-6(8)7-4-3-5-7/h2-5H2,1H3/i3D. The molecule has 0 radical (unpaired) electrons. The minimum absolute atomic E-state index is 0.0134. The van der Waals surface area contributed by atoms with Crippen molar-refractivity contribution in [3.63, 3.8) is 0 Å².